The fourth-order valence-electron chi connectivity index (χ4n) is 7.96. The highest BCUT2D eigenvalue weighted by Crippen LogP contribution is 2.57. The number of nitrogens with zero attached hydrogens (tertiary/aromatic N) is 1. The molecule has 3 heterocycles. The Morgan fingerprint density at radius 2 is 1.85 bits per heavy atom. The Morgan fingerprint density at radius 3 is 2.62 bits per heavy atom. The summed E-state index contributed by atoms with van der Waals surface area (Å²) in [6, 6.07) is 6.48. The molecule has 0 unspecified atom stereocenters. The Balaban J connectivity index is 1.33. The lowest BCUT2D eigenvalue weighted by molar-refractivity contribution is -0.146. The van der Waals surface area contributed by atoms with E-state index in [2.05, 4.69) is 24.5 Å². The van der Waals surface area contributed by atoms with Crippen LogP contribution in [0.5, 0.6) is 5.75 Å². The molecule has 39 heavy (non-hydrogen) atoms. The van der Waals surface area contributed by atoms with Gasteiger partial charge in [0, 0.05) is 23.8 Å². The zero-order chi connectivity index (χ0) is 27.3. The second kappa shape index (κ2) is 10.3. The molecule has 3 amide bonds. The normalized spacial score (nSPS) is 37.6. The lowest BCUT2D eigenvalue weighted by Crippen LogP contribution is -2.60. The predicted molar refractivity (Wildman–Crippen MR) is 147 cm³/mol. The molecule has 0 aromatic heterocycles. The van der Waals surface area contributed by atoms with Crippen LogP contribution >= 0.6 is 0 Å². The first-order valence-electron chi connectivity index (χ1n) is 14.8. The van der Waals surface area contributed by atoms with Gasteiger partial charge >= 0.3 is 0 Å². The first kappa shape index (κ1) is 26.4. The number of hydrogen-bond acceptors (Lipinski definition) is 5. The lowest BCUT2D eigenvalue weighted by Gasteiger charge is -2.44. The van der Waals surface area contributed by atoms with Crippen molar-refractivity contribution in [2.45, 2.75) is 95.0 Å². The van der Waals surface area contributed by atoms with Gasteiger partial charge in [0.15, 0.2) is 0 Å². The monoisotopic (exact) mass is 535 g/mol. The minimum atomic E-state index is -1.13. The summed E-state index contributed by atoms with van der Waals surface area (Å²) in [7, 11) is 1.58. The molecule has 0 radical (unpaired) electrons. The maximum Gasteiger partial charge on any atom is 0.246 e. The maximum absolute atomic E-state index is 14.4. The van der Waals surface area contributed by atoms with E-state index in [0.717, 1.165) is 44.9 Å². The zero-order valence-corrected chi connectivity index (χ0v) is 23.2. The molecule has 1 aromatic carbocycles. The summed E-state index contributed by atoms with van der Waals surface area (Å²) in [5.74, 6) is -0.619. The van der Waals surface area contributed by atoms with Crippen LogP contribution in [0.3, 0.4) is 0 Å². The van der Waals surface area contributed by atoms with Gasteiger partial charge in [0.25, 0.3) is 0 Å². The third kappa shape index (κ3) is 4.35. The van der Waals surface area contributed by atoms with Gasteiger partial charge in [-0.3, -0.25) is 14.4 Å². The highest BCUT2D eigenvalue weighted by Gasteiger charge is 2.73. The van der Waals surface area contributed by atoms with Crippen molar-refractivity contribution in [3.63, 3.8) is 0 Å². The Labute approximate surface area is 230 Å². The van der Waals surface area contributed by atoms with Crippen LogP contribution in [0.25, 0.3) is 0 Å². The van der Waals surface area contributed by atoms with E-state index in [9.17, 15) is 14.4 Å². The molecule has 2 aliphatic carbocycles. The van der Waals surface area contributed by atoms with E-state index in [1.807, 2.05) is 29.2 Å². The van der Waals surface area contributed by atoms with E-state index < -0.39 is 29.6 Å². The smallest absolute Gasteiger partial charge is 0.246 e. The third-order valence-electron chi connectivity index (χ3n) is 10.2. The zero-order valence-electron chi connectivity index (χ0n) is 23.2. The minimum Gasteiger partial charge on any atom is -0.497 e. The fraction of sp³-hybridized carbons (Fsp3) is 0.645. The Morgan fingerprint density at radius 1 is 1.05 bits per heavy atom. The number of anilines is 1. The molecule has 3 aliphatic heterocycles. The van der Waals surface area contributed by atoms with Gasteiger partial charge in [-0.05, 0) is 43.2 Å². The van der Waals surface area contributed by atoms with Crippen LogP contribution < -0.4 is 15.4 Å². The molecule has 8 heteroatoms. The molecule has 210 valence electrons. The van der Waals surface area contributed by atoms with Crippen molar-refractivity contribution in [3.8, 4) is 5.75 Å². The summed E-state index contributed by atoms with van der Waals surface area (Å²) in [5.41, 5.74) is -0.527. The summed E-state index contributed by atoms with van der Waals surface area (Å²) in [6.07, 6.45) is 11.6. The molecule has 2 bridgehead atoms. The third-order valence-corrected chi connectivity index (χ3v) is 10.2. The molecule has 8 atom stereocenters. The number of rotatable bonds is 6. The van der Waals surface area contributed by atoms with Crippen LogP contribution in [0.15, 0.2) is 36.4 Å². The molecule has 2 saturated heterocycles. The molecule has 2 N–H and O–H groups in total. The average Bonchev–Trinajstić information content (AvgIpc) is 3.58. The topological polar surface area (TPSA) is 97.0 Å². The Bertz CT molecular complexity index is 1160. The summed E-state index contributed by atoms with van der Waals surface area (Å²) < 4.78 is 11.9. The first-order chi connectivity index (χ1) is 18.8. The number of benzene rings is 1. The van der Waals surface area contributed by atoms with E-state index >= 15 is 0 Å². The number of fused-ring (bicyclic) bond motifs is 1. The minimum absolute atomic E-state index is 0.0542. The Hall–Kier alpha value is -2.87. The summed E-state index contributed by atoms with van der Waals surface area (Å²) >= 11 is 0. The standard InChI is InChI=1S/C31H41N3O5/c1-18-9-7-14-23(19(18)2)34-27(29(36)32-20-10-5-4-6-11-20)31-16-15-24(39-31)25(26(31)30(34)37)28(35)33-21-12-8-13-22(17-21)38-3/h8,12-13,15-20,23-27H,4-7,9-11,14H2,1-3H3,(H,32,36)(H,33,35)/t18-,19+,23+,24-,25+,26-,27-,31-/m0/s1. The van der Waals surface area contributed by atoms with Crippen molar-refractivity contribution >= 4 is 23.4 Å². The first-order valence-corrected chi connectivity index (χ1v) is 14.8. The van der Waals surface area contributed by atoms with Gasteiger partial charge in [0.1, 0.15) is 17.4 Å². The fourth-order valence-corrected chi connectivity index (χ4v) is 7.96. The Kier molecular flexibility index (Phi) is 6.94. The molecule has 4 fully saturated rings. The van der Waals surface area contributed by atoms with Gasteiger partial charge in [0.2, 0.25) is 17.7 Å². The second-order valence-electron chi connectivity index (χ2n) is 12.3. The molecule has 6 rings (SSSR count). The van der Waals surface area contributed by atoms with E-state index in [0.29, 0.717) is 17.4 Å². The highest BCUT2D eigenvalue weighted by molar-refractivity contribution is 6.03. The van der Waals surface area contributed by atoms with Crippen molar-refractivity contribution < 1.29 is 23.9 Å². The van der Waals surface area contributed by atoms with E-state index in [1.165, 1.54) is 6.42 Å². The maximum atomic E-state index is 14.4. The summed E-state index contributed by atoms with van der Waals surface area (Å²) in [4.78, 5) is 44.2. The van der Waals surface area contributed by atoms with E-state index in [4.69, 9.17) is 9.47 Å². The van der Waals surface area contributed by atoms with Gasteiger partial charge in [-0.2, -0.15) is 0 Å². The number of methoxy groups -OCH3 is 1. The number of carbonyl (C=O) groups excluding carboxylic acids is 3. The van der Waals surface area contributed by atoms with Crippen LogP contribution in [0.1, 0.15) is 65.2 Å². The molecular formula is C31H41N3O5. The highest BCUT2D eigenvalue weighted by atomic mass is 16.5. The molecule has 1 aromatic rings. The van der Waals surface area contributed by atoms with Crippen LogP contribution in [-0.2, 0) is 19.1 Å². The number of carbonyl (C=O) groups is 3. The van der Waals surface area contributed by atoms with Crippen LogP contribution in [0.2, 0.25) is 0 Å². The van der Waals surface area contributed by atoms with Crippen molar-refractivity contribution in [1.29, 1.82) is 0 Å². The van der Waals surface area contributed by atoms with Crippen LogP contribution in [0, 0.1) is 23.7 Å². The van der Waals surface area contributed by atoms with Crippen LogP contribution in [-0.4, -0.2) is 59.6 Å². The van der Waals surface area contributed by atoms with Crippen molar-refractivity contribution in [1.82, 2.24) is 10.2 Å². The van der Waals surface area contributed by atoms with Gasteiger partial charge < -0.3 is 25.0 Å². The van der Waals surface area contributed by atoms with Crippen molar-refractivity contribution in [2.75, 3.05) is 12.4 Å². The average molecular weight is 536 g/mol. The van der Waals surface area contributed by atoms with Gasteiger partial charge in [-0.15, -0.1) is 0 Å². The molecule has 5 aliphatic rings. The number of ether oxygens (including phenoxy) is 2. The quantitative estimate of drug-likeness (QED) is 0.536. The number of nitrogens with one attached hydrogen (secondary N) is 2. The lowest BCUT2D eigenvalue weighted by atomic mass is 9.74. The summed E-state index contributed by atoms with van der Waals surface area (Å²) in [6.45, 7) is 4.44. The molecular weight excluding hydrogens is 494 g/mol. The van der Waals surface area contributed by atoms with Gasteiger partial charge in [-0.1, -0.05) is 64.2 Å². The molecule has 8 nitrogen and oxygen atoms in total. The number of hydrogen-bond donors (Lipinski definition) is 2. The van der Waals surface area contributed by atoms with Gasteiger partial charge in [-0.25, -0.2) is 0 Å². The number of amides is 3. The summed E-state index contributed by atoms with van der Waals surface area (Å²) in [5, 5.41) is 6.29. The van der Waals surface area contributed by atoms with Crippen molar-refractivity contribution in [2.24, 2.45) is 23.7 Å². The predicted octanol–water partition coefficient (Wildman–Crippen LogP) is 4.06. The van der Waals surface area contributed by atoms with E-state index in [-0.39, 0.29) is 35.7 Å². The molecule has 2 saturated carbocycles. The number of likely N-dealkylation sites (tertiary alicyclic amines) is 1. The second-order valence-corrected chi connectivity index (χ2v) is 12.3. The SMILES string of the molecule is COc1cccc(NC(=O)[C@@H]2[C@@H]3C=C[C@]4(O3)[C@@H]2C(=O)N([C@@H]2CCC[C@H](C)[C@H]2C)[C@H]4C(=O)NC2CCCCC2)c1. The molecule has 1 spiro atoms. The van der Waals surface area contributed by atoms with E-state index in [1.54, 1.807) is 19.2 Å². The van der Waals surface area contributed by atoms with Crippen LogP contribution in [0.4, 0.5) is 5.69 Å². The van der Waals surface area contributed by atoms with Gasteiger partial charge in [0.05, 0.1) is 25.0 Å². The largest absolute Gasteiger partial charge is 0.497 e. The van der Waals surface area contributed by atoms with Crippen molar-refractivity contribution in [3.05, 3.63) is 36.4 Å².